The fraction of sp³-hybridized carbons (Fsp3) is 0.917. The van der Waals surface area contributed by atoms with Gasteiger partial charge in [0.25, 0.3) is 0 Å². The molecule has 0 bridgehead atoms. The Bertz CT molecular complexity index is 180. The van der Waals surface area contributed by atoms with Gasteiger partial charge in [-0.15, -0.1) is 0 Å². The highest BCUT2D eigenvalue weighted by Gasteiger charge is 2.17. The van der Waals surface area contributed by atoms with Crippen molar-refractivity contribution in [2.45, 2.75) is 40.5 Å². The lowest BCUT2D eigenvalue weighted by molar-refractivity contribution is -0.125. The lowest BCUT2D eigenvalue weighted by atomic mass is 9.96. The summed E-state index contributed by atoms with van der Waals surface area (Å²) in [4.78, 5) is 11.7. The molecule has 0 saturated heterocycles. The zero-order valence-corrected chi connectivity index (χ0v) is 10.5. The average Bonchev–Trinajstić information content (AvgIpc) is 2.21. The molecule has 0 fully saturated rings. The van der Waals surface area contributed by atoms with Crippen molar-refractivity contribution in [3.8, 4) is 0 Å². The van der Waals surface area contributed by atoms with Crippen molar-refractivity contribution in [3.63, 3.8) is 0 Å². The number of carbonyl (C=O) groups is 1. The third-order valence-corrected chi connectivity index (χ3v) is 2.73. The van der Waals surface area contributed by atoms with Crippen LogP contribution in [0.3, 0.4) is 0 Å². The van der Waals surface area contributed by atoms with Gasteiger partial charge in [-0.05, 0) is 18.3 Å². The van der Waals surface area contributed by atoms with Crippen LogP contribution in [0, 0.1) is 17.8 Å². The van der Waals surface area contributed by atoms with E-state index in [1.807, 2.05) is 0 Å². The molecule has 0 heterocycles. The number of amides is 1. The Kier molecular flexibility index (Phi) is 7.39. The van der Waals surface area contributed by atoms with Gasteiger partial charge in [0.05, 0.1) is 5.92 Å². The van der Waals surface area contributed by atoms with Crippen LogP contribution in [-0.4, -0.2) is 19.0 Å². The first-order chi connectivity index (χ1) is 7.01. The average molecular weight is 214 g/mol. The van der Waals surface area contributed by atoms with Gasteiger partial charge in [0.1, 0.15) is 0 Å². The maximum Gasteiger partial charge on any atom is 0.224 e. The molecule has 2 unspecified atom stereocenters. The quantitative estimate of drug-likeness (QED) is 0.678. The Hall–Kier alpha value is -0.570. The summed E-state index contributed by atoms with van der Waals surface area (Å²) in [5.41, 5.74) is 5.60. The van der Waals surface area contributed by atoms with Crippen LogP contribution >= 0.6 is 0 Å². The molecule has 0 aliphatic carbocycles. The number of hydrogen-bond acceptors (Lipinski definition) is 2. The van der Waals surface area contributed by atoms with Crippen molar-refractivity contribution in [1.82, 2.24) is 5.32 Å². The Balaban J connectivity index is 3.93. The summed E-state index contributed by atoms with van der Waals surface area (Å²) in [5, 5.41) is 2.97. The Morgan fingerprint density at radius 2 is 1.93 bits per heavy atom. The monoisotopic (exact) mass is 214 g/mol. The van der Waals surface area contributed by atoms with E-state index in [0.29, 0.717) is 18.4 Å². The molecule has 0 aromatic carbocycles. The Morgan fingerprint density at radius 1 is 1.33 bits per heavy atom. The second-order valence-corrected chi connectivity index (χ2v) is 4.82. The first kappa shape index (κ1) is 14.4. The first-order valence-electron chi connectivity index (χ1n) is 5.99. The van der Waals surface area contributed by atoms with Crippen LogP contribution in [0.25, 0.3) is 0 Å². The zero-order valence-electron chi connectivity index (χ0n) is 10.5. The van der Waals surface area contributed by atoms with Gasteiger partial charge in [-0.3, -0.25) is 4.79 Å². The van der Waals surface area contributed by atoms with Crippen molar-refractivity contribution >= 4 is 5.91 Å². The van der Waals surface area contributed by atoms with Gasteiger partial charge in [-0.1, -0.05) is 34.1 Å². The van der Waals surface area contributed by atoms with E-state index in [9.17, 15) is 4.79 Å². The molecule has 0 radical (unpaired) electrons. The zero-order chi connectivity index (χ0) is 11.8. The predicted molar refractivity (Wildman–Crippen MR) is 64.5 cm³/mol. The predicted octanol–water partition coefficient (Wildman–Crippen LogP) is 1.77. The lowest BCUT2D eigenvalue weighted by Gasteiger charge is -2.18. The van der Waals surface area contributed by atoms with Crippen LogP contribution in [0.2, 0.25) is 0 Å². The summed E-state index contributed by atoms with van der Waals surface area (Å²) in [5.74, 6) is 1.17. The van der Waals surface area contributed by atoms with Crippen molar-refractivity contribution in [2.75, 3.05) is 13.1 Å². The molecule has 3 heteroatoms. The minimum absolute atomic E-state index is 0.0194. The summed E-state index contributed by atoms with van der Waals surface area (Å²) < 4.78 is 0. The van der Waals surface area contributed by atoms with Crippen LogP contribution in [0.1, 0.15) is 40.5 Å². The van der Waals surface area contributed by atoms with Crippen LogP contribution in [0.4, 0.5) is 0 Å². The van der Waals surface area contributed by atoms with Crippen LogP contribution < -0.4 is 11.1 Å². The van der Waals surface area contributed by atoms with Gasteiger partial charge in [0.15, 0.2) is 0 Å². The van der Waals surface area contributed by atoms with E-state index in [2.05, 4.69) is 33.0 Å². The molecule has 15 heavy (non-hydrogen) atoms. The molecule has 3 N–H and O–H groups in total. The number of carbonyl (C=O) groups excluding carboxylic acids is 1. The van der Waals surface area contributed by atoms with E-state index < -0.39 is 0 Å². The first-order valence-corrected chi connectivity index (χ1v) is 5.99. The fourth-order valence-corrected chi connectivity index (χ4v) is 1.44. The van der Waals surface area contributed by atoms with Gasteiger partial charge in [-0.2, -0.15) is 0 Å². The molecule has 0 aliphatic heterocycles. The number of rotatable bonds is 7. The van der Waals surface area contributed by atoms with Crippen LogP contribution in [0.5, 0.6) is 0 Å². The van der Waals surface area contributed by atoms with Crippen molar-refractivity contribution in [1.29, 1.82) is 0 Å². The summed E-state index contributed by atoms with van der Waals surface area (Å²) in [6, 6.07) is 0. The number of nitrogens with two attached hydrogens (primary N) is 1. The van der Waals surface area contributed by atoms with Gasteiger partial charge in [0.2, 0.25) is 5.91 Å². The van der Waals surface area contributed by atoms with Gasteiger partial charge in [-0.25, -0.2) is 0 Å². The third kappa shape index (κ3) is 6.50. The van der Waals surface area contributed by atoms with Gasteiger partial charge in [0, 0.05) is 13.1 Å². The summed E-state index contributed by atoms with van der Waals surface area (Å²) in [6.07, 6.45) is 1.97. The second kappa shape index (κ2) is 7.69. The molecule has 0 aliphatic rings. The highest BCUT2D eigenvalue weighted by molar-refractivity contribution is 5.78. The Labute approximate surface area is 93.8 Å². The highest BCUT2D eigenvalue weighted by Crippen LogP contribution is 2.10. The summed E-state index contributed by atoms with van der Waals surface area (Å²) >= 11 is 0. The molecule has 3 nitrogen and oxygen atoms in total. The minimum Gasteiger partial charge on any atom is -0.356 e. The summed E-state index contributed by atoms with van der Waals surface area (Å²) in [7, 11) is 0. The maximum atomic E-state index is 11.7. The van der Waals surface area contributed by atoms with Crippen molar-refractivity contribution < 1.29 is 4.79 Å². The van der Waals surface area contributed by atoms with E-state index in [-0.39, 0.29) is 11.8 Å². The van der Waals surface area contributed by atoms with E-state index in [4.69, 9.17) is 5.73 Å². The summed E-state index contributed by atoms with van der Waals surface area (Å²) in [6.45, 7) is 9.72. The van der Waals surface area contributed by atoms with E-state index in [1.54, 1.807) is 0 Å². The molecule has 0 rings (SSSR count). The minimum atomic E-state index is -0.0194. The molecule has 2 atom stereocenters. The van der Waals surface area contributed by atoms with Crippen LogP contribution in [0.15, 0.2) is 0 Å². The number of hydrogen-bond donors (Lipinski definition) is 2. The van der Waals surface area contributed by atoms with E-state index >= 15 is 0 Å². The molecule has 0 aromatic heterocycles. The van der Waals surface area contributed by atoms with Crippen molar-refractivity contribution in [3.05, 3.63) is 0 Å². The second-order valence-electron chi connectivity index (χ2n) is 4.82. The van der Waals surface area contributed by atoms with Crippen LogP contribution in [-0.2, 0) is 4.79 Å². The lowest BCUT2D eigenvalue weighted by Crippen LogP contribution is -2.37. The van der Waals surface area contributed by atoms with Gasteiger partial charge < -0.3 is 11.1 Å². The maximum absolute atomic E-state index is 11.7. The standard InChI is InChI=1S/C12H26N2O/c1-5-10(4)8-14-12(15)11(7-13)6-9(2)3/h9-11H,5-8,13H2,1-4H3,(H,14,15). The van der Waals surface area contributed by atoms with Gasteiger partial charge >= 0.3 is 0 Å². The SMILES string of the molecule is CCC(C)CNC(=O)C(CN)CC(C)C. The molecular weight excluding hydrogens is 188 g/mol. The normalized spacial score (nSPS) is 15.1. The third-order valence-electron chi connectivity index (χ3n) is 2.73. The smallest absolute Gasteiger partial charge is 0.224 e. The molecule has 0 spiro atoms. The molecule has 90 valence electrons. The van der Waals surface area contributed by atoms with E-state index in [1.165, 1.54) is 0 Å². The molecule has 0 saturated carbocycles. The molecule has 0 aromatic rings. The van der Waals surface area contributed by atoms with E-state index in [0.717, 1.165) is 19.4 Å². The van der Waals surface area contributed by atoms with Crippen molar-refractivity contribution in [2.24, 2.45) is 23.5 Å². The Morgan fingerprint density at radius 3 is 2.33 bits per heavy atom. The highest BCUT2D eigenvalue weighted by atomic mass is 16.1. The largest absolute Gasteiger partial charge is 0.356 e. The topological polar surface area (TPSA) is 55.1 Å². The number of nitrogens with one attached hydrogen (secondary N) is 1. The molecular formula is C12H26N2O. The fourth-order valence-electron chi connectivity index (χ4n) is 1.44. The molecule has 1 amide bonds.